The predicted octanol–water partition coefficient (Wildman–Crippen LogP) is 2.57. The van der Waals surface area contributed by atoms with E-state index in [-0.39, 0.29) is 17.4 Å². The van der Waals surface area contributed by atoms with Crippen LogP contribution in [0.4, 0.5) is 5.69 Å². The lowest BCUT2D eigenvalue weighted by Gasteiger charge is -2.27. The number of rotatable bonds is 8. The first-order valence-corrected chi connectivity index (χ1v) is 10.0. The van der Waals surface area contributed by atoms with Crippen LogP contribution in [0, 0.1) is 0 Å². The van der Waals surface area contributed by atoms with Gasteiger partial charge in [0.05, 0.1) is 7.11 Å². The number of methoxy groups -OCH3 is 1. The fourth-order valence-corrected chi connectivity index (χ4v) is 3.59. The summed E-state index contributed by atoms with van der Waals surface area (Å²) in [4.78, 5) is 2.20. The minimum atomic E-state index is -0.218. The van der Waals surface area contributed by atoms with Gasteiger partial charge in [-0.3, -0.25) is 0 Å². The molecule has 1 heterocycles. The second-order valence-electron chi connectivity index (χ2n) is 6.57. The molecule has 0 spiro atoms. The Morgan fingerprint density at radius 3 is 2.46 bits per heavy atom. The quantitative estimate of drug-likeness (QED) is 0.434. The molecule has 28 heavy (non-hydrogen) atoms. The molecular formula is C20H29N5O2S. The van der Waals surface area contributed by atoms with Crippen molar-refractivity contribution in [2.75, 3.05) is 25.1 Å². The predicted molar refractivity (Wildman–Crippen MR) is 115 cm³/mol. The van der Waals surface area contributed by atoms with Crippen molar-refractivity contribution in [1.29, 1.82) is 0 Å². The molecule has 0 amide bonds. The van der Waals surface area contributed by atoms with Gasteiger partial charge < -0.3 is 14.7 Å². The Morgan fingerprint density at radius 1 is 1.14 bits per heavy atom. The van der Waals surface area contributed by atoms with Crippen LogP contribution in [-0.2, 0) is 6.54 Å². The number of anilines is 1. The third kappa shape index (κ3) is 4.53. The van der Waals surface area contributed by atoms with E-state index in [0.717, 1.165) is 35.7 Å². The topological polar surface area (TPSA) is 72.0 Å². The van der Waals surface area contributed by atoms with Gasteiger partial charge >= 0.3 is 0 Å². The highest BCUT2D eigenvalue weighted by Gasteiger charge is 2.31. The molecule has 1 aliphatic heterocycles. The zero-order valence-electron chi connectivity index (χ0n) is 16.5. The van der Waals surface area contributed by atoms with Crippen LogP contribution in [0.2, 0.25) is 0 Å². The molecule has 8 heteroatoms. The normalized spacial score (nSPS) is 19.7. The van der Waals surface area contributed by atoms with Crippen molar-refractivity contribution < 1.29 is 9.84 Å². The summed E-state index contributed by atoms with van der Waals surface area (Å²) < 4.78 is 5.23. The largest absolute Gasteiger partial charge is 0.508 e. The maximum Gasteiger partial charge on any atom is 0.132 e. The van der Waals surface area contributed by atoms with Crippen LogP contribution in [0.1, 0.15) is 31.1 Å². The molecule has 0 aromatic heterocycles. The van der Waals surface area contributed by atoms with E-state index >= 15 is 0 Å². The lowest BCUT2D eigenvalue weighted by Crippen LogP contribution is -2.42. The van der Waals surface area contributed by atoms with Crippen molar-refractivity contribution in [1.82, 2.24) is 21.3 Å². The molecule has 2 aromatic rings. The van der Waals surface area contributed by atoms with Gasteiger partial charge in [-0.2, -0.15) is 5.01 Å². The number of nitrogens with one attached hydrogen (secondary N) is 3. The van der Waals surface area contributed by atoms with Crippen LogP contribution in [0.25, 0.3) is 0 Å². The minimum Gasteiger partial charge on any atom is -0.508 e. The highest BCUT2D eigenvalue weighted by atomic mass is 32.1. The average molecular weight is 404 g/mol. The zero-order valence-corrected chi connectivity index (χ0v) is 17.4. The first kappa shape index (κ1) is 20.8. The Labute approximate surface area is 172 Å². The van der Waals surface area contributed by atoms with Crippen molar-refractivity contribution in [3.8, 4) is 11.5 Å². The third-order valence-electron chi connectivity index (χ3n) is 4.97. The van der Waals surface area contributed by atoms with Crippen molar-refractivity contribution >= 4 is 18.3 Å². The number of benzene rings is 2. The SMILES string of the molecule is CCN(CC)c1ccc(CNN2C(S)NNC2c2ccc(OC)cc2)c(O)c1. The van der Waals surface area contributed by atoms with Crippen LogP contribution in [-0.4, -0.2) is 35.8 Å². The molecule has 1 fully saturated rings. The Morgan fingerprint density at radius 2 is 1.86 bits per heavy atom. The van der Waals surface area contributed by atoms with Crippen LogP contribution < -0.4 is 25.9 Å². The molecular weight excluding hydrogens is 374 g/mol. The van der Waals surface area contributed by atoms with Gasteiger partial charge in [-0.05, 0) is 37.6 Å². The molecule has 0 aliphatic carbocycles. The van der Waals surface area contributed by atoms with Gasteiger partial charge in [0.25, 0.3) is 0 Å². The zero-order chi connectivity index (χ0) is 20.1. The molecule has 2 aromatic carbocycles. The highest BCUT2D eigenvalue weighted by Crippen LogP contribution is 2.27. The Hall–Kier alpha value is -1.97. The van der Waals surface area contributed by atoms with Crippen molar-refractivity contribution in [3.05, 3.63) is 53.6 Å². The third-order valence-corrected chi connectivity index (χ3v) is 5.35. The molecule has 0 saturated carbocycles. The second kappa shape index (κ2) is 9.49. The van der Waals surface area contributed by atoms with E-state index in [0.29, 0.717) is 6.54 Å². The van der Waals surface area contributed by atoms with Gasteiger partial charge in [-0.25, -0.2) is 16.3 Å². The first-order chi connectivity index (χ1) is 13.6. The minimum absolute atomic E-state index is 0.106. The molecule has 0 radical (unpaired) electrons. The average Bonchev–Trinajstić information content (AvgIpc) is 3.09. The number of thiol groups is 1. The molecule has 1 aliphatic rings. The summed E-state index contributed by atoms with van der Waals surface area (Å²) >= 11 is 4.57. The summed E-state index contributed by atoms with van der Waals surface area (Å²) in [7, 11) is 1.65. The van der Waals surface area contributed by atoms with Crippen molar-refractivity contribution in [2.45, 2.75) is 32.1 Å². The summed E-state index contributed by atoms with van der Waals surface area (Å²) in [6, 6.07) is 13.7. The molecule has 4 N–H and O–H groups in total. The lowest BCUT2D eigenvalue weighted by molar-refractivity contribution is 0.144. The molecule has 2 unspecified atom stereocenters. The van der Waals surface area contributed by atoms with E-state index in [1.807, 2.05) is 47.5 Å². The first-order valence-electron chi connectivity index (χ1n) is 9.49. The fraction of sp³-hybridized carbons (Fsp3) is 0.400. The molecule has 7 nitrogen and oxygen atoms in total. The monoisotopic (exact) mass is 403 g/mol. The van der Waals surface area contributed by atoms with E-state index in [1.54, 1.807) is 7.11 Å². The molecule has 3 rings (SSSR count). The number of ether oxygens (including phenoxy) is 1. The standard InChI is InChI=1S/C20H29N5O2S/c1-4-24(5-2)16-9-6-15(18(26)12-16)13-21-25-19(22-23-20(25)28)14-7-10-17(27-3)11-8-14/h6-12,19-23,26,28H,4-5,13H2,1-3H3. The van der Waals surface area contributed by atoms with Gasteiger partial charge in [0, 0.05) is 37.0 Å². The van der Waals surface area contributed by atoms with Crippen LogP contribution in [0.5, 0.6) is 11.5 Å². The van der Waals surface area contributed by atoms with Gasteiger partial charge in [-0.1, -0.05) is 18.2 Å². The Bertz CT molecular complexity index is 770. The Kier molecular flexibility index (Phi) is 7.03. The second-order valence-corrected chi connectivity index (χ2v) is 7.05. The van der Waals surface area contributed by atoms with Gasteiger partial charge in [-0.15, -0.1) is 12.6 Å². The molecule has 0 bridgehead atoms. The number of nitrogens with zero attached hydrogens (tertiary/aromatic N) is 2. The van der Waals surface area contributed by atoms with Gasteiger partial charge in [0.15, 0.2) is 0 Å². The molecule has 152 valence electrons. The summed E-state index contributed by atoms with van der Waals surface area (Å²) in [5, 5.41) is 12.4. The maximum absolute atomic E-state index is 10.5. The summed E-state index contributed by atoms with van der Waals surface area (Å²) in [5.41, 5.74) is 12.4. The van der Waals surface area contributed by atoms with E-state index in [4.69, 9.17) is 4.74 Å². The number of phenolic OH excluding ortho intramolecular Hbond substituents is 1. The number of hydrogen-bond donors (Lipinski definition) is 5. The van der Waals surface area contributed by atoms with E-state index in [1.165, 1.54) is 0 Å². The molecule has 2 atom stereocenters. The van der Waals surface area contributed by atoms with E-state index in [9.17, 15) is 5.11 Å². The fourth-order valence-electron chi connectivity index (χ4n) is 3.31. The molecule has 1 saturated heterocycles. The van der Waals surface area contributed by atoms with Crippen LogP contribution in [0.15, 0.2) is 42.5 Å². The number of phenols is 1. The maximum atomic E-state index is 10.5. The van der Waals surface area contributed by atoms with Crippen molar-refractivity contribution in [3.63, 3.8) is 0 Å². The Balaban J connectivity index is 1.69. The summed E-state index contributed by atoms with van der Waals surface area (Å²) in [6.07, 6.45) is -0.106. The lowest BCUT2D eigenvalue weighted by atomic mass is 10.1. The highest BCUT2D eigenvalue weighted by molar-refractivity contribution is 7.80. The van der Waals surface area contributed by atoms with Crippen molar-refractivity contribution in [2.24, 2.45) is 0 Å². The van der Waals surface area contributed by atoms with Gasteiger partial charge in [0.1, 0.15) is 23.2 Å². The number of aromatic hydroxyl groups is 1. The van der Waals surface area contributed by atoms with Gasteiger partial charge in [0.2, 0.25) is 0 Å². The smallest absolute Gasteiger partial charge is 0.132 e. The number of hydrogen-bond acceptors (Lipinski definition) is 8. The summed E-state index contributed by atoms with van der Waals surface area (Å²) in [6.45, 7) is 6.51. The summed E-state index contributed by atoms with van der Waals surface area (Å²) in [5.74, 6) is 1.10. The number of hydrazine groups is 2. The van der Waals surface area contributed by atoms with Crippen LogP contribution >= 0.6 is 12.6 Å². The van der Waals surface area contributed by atoms with E-state index in [2.05, 4.69) is 47.7 Å². The van der Waals surface area contributed by atoms with E-state index < -0.39 is 0 Å². The van der Waals surface area contributed by atoms with Crippen LogP contribution in [0.3, 0.4) is 0 Å².